The molecule has 2 heteroatoms. The van der Waals surface area contributed by atoms with Crippen molar-refractivity contribution >= 4 is 0 Å². The normalized spacial score (nSPS) is 15.5. The third kappa shape index (κ3) is 7.82. The lowest BCUT2D eigenvalue weighted by Crippen LogP contribution is -2.34. The van der Waals surface area contributed by atoms with Crippen molar-refractivity contribution < 1.29 is 5.11 Å². The van der Waals surface area contributed by atoms with Gasteiger partial charge in [0.15, 0.2) is 0 Å². The molecule has 1 N–H and O–H groups in total. The molecule has 0 bridgehead atoms. The van der Waals surface area contributed by atoms with E-state index in [0.717, 1.165) is 13.1 Å². The van der Waals surface area contributed by atoms with Gasteiger partial charge in [-0.1, -0.05) is 20.8 Å². The molecule has 0 aromatic heterocycles. The first-order chi connectivity index (χ1) is 4.81. The summed E-state index contributed by atoms with van der Waals surface area (Å²) in [7, 11) is 2.04. The number of likely N-dealkylation sites (N-methyl/N-ethyl adjacent to an activating group) is 1. The molecular formula is C9H21NO. The second-order valence-electron chi connectivity index (χ2n) is 4.61. The smallest absolute Gasteiger partial charge is 0.0638 e. The lowest BCUT2D eigenvalue weighted by molar-refractivity contribution is 0.121. The van der Waals surface area contributed by atoms with Crippen LogP contribution in [0.25, 0.3) is 0 Å². The van der Waals surface area contributed by atoms with Crippen LogP contribution in [-0.4, -0.2) is 36.2 Å². The highest BCUT2D eigenvalue weighted by atomic mass is 16.3. The van der Waals surface area contributed by atoms with Crippen molar-refractivity contribution in [2.75, 3.05) is 20.1 Å². The molecule has 68 valence electrons. The summed E-state index contributed by atoms with van der Waals surface area (Å²) in [5.74, 6) is 0. The minimum atomic E-state index is -0.220. The fourth-order valence-corrected chi connectivity index (χ4v) is 1.33. The third-order valence-corrected chi connectivity index (χ3v) is 1.32. The van der Waals surface area contributed by atoms with E-state index in [1.165, 1.54) is 0 Å². The van der Waals surface area contributed by atoms with Gasteiger partial charge in [0, 0.05) is 13.1 Å². The Balaban J connectivity index is 3.61. The summed E-state index contributed by atoms with van der Waals surface area (Å²) >= 11 is 0. The Kier molecular flexibility index (Phi) is 4.04. The van der Waals surface area contributed by atoms with Crippen molar-refractivity contribution in [3.05, 3.63) is 0 Å². The summed E-state index contributed by atoms with van der Waals surface area (Å²) in [6.07, 6.45) is -0.220. The summed E-state index contributed by atoms with van der Waals surface area (Å²) < 4.78 is 0. The molecule has 0 aliphatic carbocycles. The summed E-state index contributed by atoms with van der Waals surface area (Å²) in [6.45, 7) is 10.2. The van der Waals surface area contributed by atoms with Gasteiger partial charge in [-0.3, -0.25) is 0 Å². The summed E-state index contributed by atoms with van der Waals surface area (Å²) in [5.41, 5.74) is 0.323. The topological polar surface area (TPSA) is 23.5 Å². The van der Waals surface area contributed by atoms with Gasteiger partial charge in [0.05, 0.1) is 6.10 Å². The number of aliphatic hydroxyl groups is 1. The summed E-state index contributed by atoms with van der Waals surface area (Å²) in [4.78, 5) is 2.16. The highest BCUT2D eigenvalue weighted by Gasteiger charge is 2.13. The maximum absolute atomic E-state index is 9.08. The minimum Gasteiger partial charge on any atom is -0.392 e. The molecule has 0 unspecified atom stereocenters. The van der Waals surface area contributed by atoms with Crippen molar-refractivity contribution in [1.29, 1.82) is 0 Å². The van der Waals surface area contributed by atoms with Crippen LogP contribution in [0.4, 0.5) is 0 Å². The first kappa shape index (κ1) is 10.9. The van der Waals surface area contributed by atoms with Crippen molar-refractivity contribution in [1.82, 2.24) is 4.90 Å². The summed E-state index contributed by atoms with van der Waals surface area (Å²) in [6, 6.07) is 0. The number of rotatable bonds is 3. The van der Waals surface area contributed by atoms with E-state index in [4.69, 9.17) is 5.11 Å². The van der Waals surface area contributed by atoms with Gasteiger partial charge >= 0.3 is 0 Å². The Morgan fingerprint density at radius 2 is 1.82 bits per heavy atom. The summed E-state index contributed by atoms with van der Waals surface area (Å²) in [5, 5.41) is 9.08. The molecule has 0 fully saturated rings. The van der Waals surface area contributed by atoms with Crippen molar-refractivity contribution in [2.24, 2.45) is 5.41 Å². The largest absolute Gasteiger partial charge is 0.392 e. The maximum Gasteiger partial charge on any atom is 0.0638 e. The zero-order chi connectivity index (χ0) is 9.07. The molecule has 11 heavy (non-hydrogen) atoms. The van der Waals surface area contributed by atoms with Gasteiger partial charge in [-0.05, 0) is 19.4 Å². The molecule has 0 aliphatic rings. The molecule has 0 saturated carbocycles. The van der Waals surface area contributed by atoms with E-state index in [2.05, 4.69) is 25.7 Å². The monoisotopic (exact) mass is 159 g/mol. The zero-order valence-corrected chi connectivity index (χ0v) is 8.39. The van der Waals surface area contributed by atoms with Crippen LogP contribution in [0.5, 0.6) is 0 Å². The van der Waals surface area contributed by atoms with Gasteiger partial charge < -0.3 is 10.0 Å². The molecule has 0 aromatic carbocycles. The van der Waals surface area contributed by atoms with Crippen molar-refractivity contribution in [3.8, 4) is 0 Å². The average molecular weight is 159 g/mol. The van der Waals surface area contributed by atoms with Crippen LogP contribution >= 0.6 is 0 Å². The molecular weight excluding hydrogens is 138 g/mol. The molecule has 0 spiro atoms. The van der Waals surface area contributed by atoms with E-state index in [1.807, 2.05) is 14.0 Å². The SMILES string of the molecule is C[C@H](O)CN(C)CC(C)(C)C. The fraction of sp³-hybridized carbons (Fsp3) is 1.00. The Morgan fingerprint density at radius 3 is 2.09 bits per heavy atom. The highest BCUT2D eigenvalue weighted by molar-refractivity contribution is 4.67. The first-order valence-corrected chi connectivity index (χ1v) is 4.18. The van der Waals surface area contributed by atoms with E-state index in [-0.39, 0.29) is 6.10 Å². The highest BCUT2D eigenvalue weighted by Crippen LogP contribution is 2.13. The molecule has 0 aromatic rings. The lowest BCUT2D eigenvalue weighted by Gasteiger charge is -2.27. The van der Waals surface area contributed by atoms with Crippen LogP contribution in [-0.2, 0) is 0 Å². The lowest BCUT2D eigenvalue weighted by atomic mass is 9.96. The van der Waals surface area contributed by atoms with Crippen LogP contribution in [0.1, 0.15) is 27.7 Å². The molecule has 0 rings (SSSR count). The molecule has 0 heterocycles. The fourth-order valence-electron chi connectivity index (χ4n) is 1.33. The second kappa shape index (κ2) is 4.07. The van der Waals surface area contributed by atoms with E-state index in [9.17, 15) is 0 Å². The Labute approximate surface area is 70.2 Å². The van der Waals surface area contributed by atoms with Crippen LogP contribution in [0.3, 0.4) is 0 Å². The van der Waals surface area contributed by atoms with E-state index in [1.54, 1.807) is 0 Å². The van der Waals surface area contributed by atoms with Gasteiger partial charge in [-0.2, -0.15) is 0 Å². The molecule has 0 radical (unpaired) electrons. The minimum absolute atomic E-state index is 0.220. The van der Waals surface area contributed by atoms with E-state index < -0.39 is 0 Å². The molecule has 2 nitrogen and oxygen atoms in total. The van der Waals surface area contributed by atoms with Crippen LogP contribution < -0.4 is 0 Å². The predicted molar refractivity (Wildman–Crippen MR) is 48.6 cm³/mol. The number of aliphatic hydroxyl groups excluding tert-OH is 1. The van der Waals surface area contributed by atoms with E-state index >= 15 is 0 Å². The predicted octanol–water partition coefficient (Wildman–Crippen LogP) is 1.35. The molecule has 0 saturated heterocycles. The Bertz CT molecular complexity index is 105. The third-order valence-electron chi connectivity index (χ3n) is 1.32. The van der Waals surface area contributed by atoms with Gasteiger partial charge in [0.1, 0.15) is 0 Å². The maximum atomic E-state index is 9.08. The van der Waals surface area contributed by atoms with Gasteiger partial charge in [-0.15, -0.1) is 0 Å². The Hall–Kier alpha value is -0.0800. The van der Waals surface area contributed by atoms with Gasteiger partial charge in [0.2, 0.25) is 0 Å². The number of nitrogens with zero attached hydrogens (tertiary/aromatic N) is 1. The van der Waals surface area contributed by atoms with E-state index in [0.29, 0.717) is 5.41 Å². The molecule has 1 atom stereocenters. The van der Waals surface area contributed by atoms with Gasteiger partial charge in [-0.25, -0.2) is 0 Å². The molecule has 0 aliphatic heterocycles. The van der Waals surface area contributed by atoms with Crippen molar-refractivity contribution in [3.63, 3.8) is 0 Å². The quantitative estimate of drug-likeness (QED) is 0.672. The average Bonchev–Trinajstić information content (AvgIpc) is 1.53. The second-order valence-corrected chi connectivity index (χ2v) is 4.61. The van der Waals surface area contributed by atoms with Crippen LogP contribution in [0, 0.1) is 5.41 Å². The van der Waals surface area contributed by atoms with Crippen molar-refractivity contribution in [2.45, 2.75) is 33.8 Å². The standard InChI is InChI=1S/C9H21NO/c1-8(11)6-10(5)7-9(2,3)4/h8,11H,6-7H2,1-5H3/t8-/m0/s1. The number of hydrogen-bond acceptors (Lipinski definition) is 2. The van der Waals surface area contributed by atoms with Crippen LogP contribution in [0.15, 0.2) is 0 Å². The molecule has 0 amide bonds. The first-order valence-electron chi connectivity index (χ1n) is 4.18. The number of hydrogen-bond donors (Lipinski definition) is 1. The van der Waals surface area contributed by atoms with Gasteiger partial charge in [0.25, 0.3) is 0 Å². The van der Waals surface area contributed by atoms with Crippen LogP contribution in [0.2, 0.25) is 0 Å². The Morgan fingerprint density at radius 1 is 1.36 bits per heavy atom. The zero-order valence-electron chi connectivity index (χ0n) is 8.39.